The Kier molecular flexibility index (Phi) is 6.98. The third kappa shape index (κ3) is 9.85. The number of carbonyl (C=O) groups is 1. The monoisotopic (exact) mass is 219 g/mol. The van der Waals surface area contributed by atoms with Crippen LogP contribution in [0.3, 0.4) is 0 Å². The van der Waals surface area contributed by atoms with Gasteiger partial charge in [-0.1, -0.05) is 20.8 Å². The Balaban J connectivity index is 3.36. The van der Waals surface area contributed by atoms with Gasteiger partial charge in [0.15, 0.2) is 0 Å². The molecule has 1 amide bonds. The Morgan fingerprint density at radius 2 is 1.93 bits per heavy atom. The van der Waals surface area contributed by atoms with E-state index >= 15 is 0 Å². The predicted octanol–water partition coefficient (Wildman–Crippen LogP) is 2.95. The summed E-state index contributed by atoms with van der Waals surface area (Å²) in [5, 5.41) is 2.92. The van der Waals surface area contributed by atoms with Crippen LogP contribution >= 0.6 is 11.6 Å². The Hall–Kier alpha value is -0.240. The fourth-order valence-electron chi connectivity index (χ4n) is 1.05. The van der Waals surface area contributed by atoms with Crippen LogP contribution in [-0.2, 0) is 4.79 Å². The number of hydrogen-bond acceptors (Lipinski definition) is 1. The minimum atomic E-state index is 0.152. The van der Waals surface area contributed by atoms with Gasteiger partial charge in [0.25, 0.3) is 0 Å². The van der Waals surface area contributed by atoms with Gasteiger partial charge in [0.1, 0.15) is 0 Å². The van der Waals surface area contributed by atoms with Gasteiger partial charge in [0.2, 0.25) is 5.91 Å². The van der Waals surface area contributed by atoms with Gasteiger partial charge in [-0.15, -0.1) is 11.6 Å². The van der Waals surface area contributed by atoms with Crippen molar-refractivity contribution in [1.82, 2.24) is 5.32 Å². The quantitative estimate of drug-likeness (QED) is 0.540. The lowest BCUT2D eigenvalue weighted by Gasteiger charge is -2.17. The van der Waals surface area contributed by atoms with Crippen LogP contribution in [0.4, 0.5) is 0 Å². The molecule has 0 atom stereocenters. The van der Waals surface area contributed by atoms with E-state index in [1.54, 1.807) is 0 Å². The van der Waals surface area contributed by atoms with E-state index in [1.165, 1.54) is 0 Å². The van der Waals surface area contributed by atoms with Crippen LogP contribution in [-0.4, -0.2) is 18.3 Å². The van der Waals surface area contributed by atoms with E-state index in [9.17, 15) is 4.79 Å². The van der Waals surface area contributed by atoms with Crippen molar-refractivity contribution in [2.45, 2.75) is 46.5 Å². The molecule has 0 aromatic heterocycles. The summed E-state index contributed by atoms with van der Waals surface area (Å²) in [5.74, 6) is 0.800. The maximum Gasteiger partial charge on any atom is 0.219 e. The predicted molar refractivity (Wildman–Crippen MR) is 61.7 cm³/mol. The van der Waals surface area contributed by atoms with Crippen molar-refractivity contribution in [2.24, 2.45) is 5.41 Å². The summed E-state index contributed by atoms with van der Waals surface area (Å²) < 4.78 is 0. The fourth-order valence-corrected chi connectivity index (χ4v) is 1.23. The minimum absolute atomic E-state index is 0.152. The Morgan fingerprint density at radius 3 is 2.43 bits per heavy atom. The van der Waals surface area contributed by atoms with Crippen molar-refractivity contribution in [3.05, 3.63) is 0 Å². The van der Waals surface area contributed by atoms with E-state index in [0.717, 1.165) is 25.8 Å². The first kappa shape index (κ1) is 13.8. The summed E-state index contributed by atoms with van der Waals surface area (Å²) >= 11 is 5.52. The van der Waals surface area contributed by atoms with Crippen LogP contribution in [0.1, 0.15) is 46.5 Å². The highest BCUT2D eigenvalue weighted by Crippen LogP contribution is 2.16. The molecule has 0 fully saturated rings. The van der Waals surface area contributed by atoms with Crippen LogP contribution in [0.25, 0.3) is 0 Å². The average molecular weight is 220 g/mol. The molecule has 14 heavy (non-hydrogen) atoms. The number of alkyl halides is 1. The lowest BCUT2D eigenvalue weighted by Crippen LogP contribution is -2.26. The molecule has 0 unspecified atom stereocenters. The summed E-state index contributed by atoms with van der Waals surface area (Å²) in [6.07, 6.45) is 3.45. The third-order valence-electron chi connectivity index (χ3n) is 1.98. The average Bonchev–Trinajstić information content (AvgIpc) is 2.02. The lowest BCUT2D eigenvalue weighted by atomic mass is 9.92. The molecule has 0 aromatic rings. The van der Waals surface area contributed by atoms with E-state index in [2.05, 4.69) is 26.1 Å². The Morgan fingerprint density at radius 1 is 1.29 bits per heavy atom. The molecule has 0 aliphatic heterocycles. The fraction of sp³-hybridized carbons (Fsp3) is 0.909. The number of rotatable bonds is 6. The molecule has 0 aliphatic rings. The highest BCUT2D eigenvalue weighted by Gasteiger charge is 2.09. The number of unbranched alkanes of at least 4 members (excludes halogenated alkanes) is 1. The van der Waals surface area contributed by atoms with Gasteiger partial charge in [0, 0.05) is 18.8 Å². The van der Waals surface area contributed by atoms with Gasteiger partial charge < -0.3 is 5.32 Å². The van der Waals surface area contributed by atoms with Crippen LogP contribution in [0.2, 0.25) is 0 Å². The van der Waals surface area contributed by atoms with E-state index in [1.807, 2.05) is 0 Å². The molecule has 0 aliphatic carbocycles. The first-order valence-electron chi connectivity index (χ1n) is 5.28. The zero-order valence-electron chi connectivity index (χ0n) is 9.53. The highest BCUT2D eigenvalue weighted by atomic mass is 35.5. The molecule has 0 spiro atoms. The first-order valence-corrected chi connectivity index (χ1v) is 5.82. The molecule has 0 aromatic carbocycles. The molecule has 2 nitrogen and oxygen atoms in total. The zero-order chi connectivity index (χ0) is 11.0. The second-order valence-electron chi connectivity index (χ2n) is 4.81. The largest absolute Gasteiger partial charge is 0.356 e. The van der Waals surface area contributed by atoms with E-state index in [0.29, 0.717) is 17.7 Å². The molecule has 0 bridgehead atoms. The maximum atomic E-state index is 11.2. The van der Waals surface area contributed by atoms with Gasteiger partial charge >= 0.3 is 0 Å². The van der Waals surface area contributed by atoms with E-state index in [-0.39, 0.29) is 5.91 Å². The van der Waals surface area contributed by atoms with Crippen LogP contribution < -0.4 is 5.32 Å². The van der Waals surface area contributed by atoms with Gasteiger partial charge in [-0.3, -0.25) is 4.79 Å². The molecule has 3 heteroatoms. The van der Waals surface area contributed by atoms with E-state index in [4.69, 9.17) is 11.6 Å². The van der Waals surface area contributed by atoms with Crippen molar-refractivity contribution in [1.29, 1.82) is 0 Å². The summed E-state index contributed by atoms with van der Waals surface area (Å²) in [6, 6.07) is 0. The molecule has 1 N–H and O–H groups in total. The summed E-state index contributed by atoms with van der Waals surface area (Å²) in [7, 11) is 0. The standard InChI is InChI=1S/C11H22ClNO/c1-11(2,3)7-9-13-10(14)6-4-5-8-12/h4-9H2,1-3H3,(H,13,14). The van der Waals surface area contributed by atoms with Gasteiger partial charge in [-0.05, 0) is 24.7 Å². The van der Waals surface area contributed by atoms with Gasteiger partial charge in [0.05, 0.1) is 0 Å². The lowest BCUT2D eigenvalue weighted by molar-refractivity contribution is -0.121. The molecule has 0 saturated carbocycles. The zero-order valence-corrected chi connectivity index (χ0v) is 10.3. The maximum absolute atomic E-state index is 11.2. The van der Waals surface area contributed by atoms with Crippen molar-refractivity contribution >= 4 is 17.5 Å². The molecular weight excluding hydrogens is 198 g/mol. The van der Waals surface area contributed by atoms with Gasteiger partial charge in [-0.25, -0.2) is 0 Å². The molecule has 0 radical (unpaired) electrons. The molecule has 0 saturated heterocycles. The highest BCUT2D eigenvalue weighted by molar-refractivity contribution is 6.17. The van der Waals surface area contributed by atoms with Crippen LogP contribution in [0.15, 0.2) is 0 Å². The van der Waals surface area contributed by atoms with Crippen molar-refractivity contribution in [3.8, 4) is 0 Å². The van der Waals surface area contributed by atoms with Crippen LogP contribution in [0.5, 0.6) is 0 Å². The summed E-state index contributed by atoms with van der Waals surface area (Å²) in [4.78, 5) is 11.2. The minimum Gasteiger partial charge on any atom is -0.356 e. The number of carbonyl (C=O) groups excluding carboxylic acids is 1. The molecule has 0 heterocycles. The van der Waals surface area contributed by atoms with E-state index < -0.39 is 0 Å². The molecule has 84 valence electrons. The summed E-state index contributed by atoms with van der Waals surface area (Å²) in [5.41, 5.74) is 0.295. The smallest absolute Gasteiger partial charge is 0.219 e. The van der Waals surface area contributed by atoms with Crippen molar-refractivity contribution in [3.63, 3.8) is 0 Å². The summed E-state index contributed by atoms with van der Waals surface area (Å²) in [6.45, 7) is 7.30. The molecular formula is C11H22ClNO. The number of halogens is 1. The Bertz CT molecular complexity index is 163. The molecule has 0 rings (SSSR count). The van der Waals surface area contributed by atoms with Crippen molar-refractivity contribution in [2.75, 3.05) is 12.4 Å². The topological polar surface area (TPSA) is 29.1 Å². The first-order chi connectivity index (χ1) is 6.45. The second kappa shape index (κ2) is 7.10. The SMILES string of the molecule is CC(C)(C)CCNC(=O)CCCCCl. The second-order valence-corrected chi connectivity index (χ2v) is 5.18. The number of amides is 1. The Labute approximate surface area is 92.4 Å². The number of nitrogens with one attached hydrogen (secondary N) is 1. The van der Waals surface area contributed by atoms with Crippen LogP contribution in [0, 0.1) is 5.41 Å². The number of hydrogen-bond donors (Lipinski definition) is 1. The third-order valence-corrected chi connectivity index (χ3v) is 2.25. The normalized spacial score (nSPS) is 11.4. The van der Waals surface area contributed by atoms with Crippen molar-refractivity contribution < 1.29 is 4.79 Å². The van der Waals surface area contributed by atoms with Gasteiger partial charge in [-0.2, -0.15) is 0 Å².